The van der Waals surface area contributed by atoms with Crippen molar-refractivity contribution in [3.8, 4) is 0 Å². The van der Waals surface area contributed by atoms with Gasteiger partial charge in [-0.2, -0.15) is 11.8 Å². The molecular formula is C12H15ClN2S2. The van der Waals surface area contributed by atoms with Gasteiger partial charge in [-0.1, -0.05) is 11.6 Å². The van der Waals surface area contributed by atoms with E-state index in [-0.39, 0.29) is 0 Å². The third kappa shape index (κ3) is 3.06. The van der Waals surface area contributed by atoms with Crippen LogP contribution >= 0.6 is 35.6 Å². The molecule has 0 atom stereocenters. The second-order valence-corrected chi connectivity index (χ2v) is 5.75. The first-order valence-corrected chi connectivity index (χ1v) is 7.77. The molecule has 0 bridgehead atoms. The number of thioether (sulfide) groups is 1. The van der Waals surface area contributed by atoms with E-state index in [4.69, 9.17) is 23.8 Å². The van der Waals surface area contributed by atoms with Crippen LogP contribution in [0.4, 0.5) is 0 Å². The maximum absolute atomic E-state index is 6.02. The number of nitrogens with zero attached hydrogens (tertiary/aromatic N) is 1. The summed E-state index contributed by atoms with van der Waals surface area (Å²) in [6.07, 6.45) is 4.50. The van der Waals surface area contributed by atoms with Gasteiger partial charge in [-0.15, -0.1) is 0 Å². The summed E-state index contributed by atoms with van der Waals surface area (Å²) in [5.41, 5.74) is 2.16. The van der Waals surface area contributed by atoms with Gasteiger partial charge in [0.15, 0.2) is 4.77 Å². The molecule has 0 fully saturated rings. The van der Waals surface area contributed by atoms with E-state index >= 15 is 0 Å². The summed E-state index contributed by atoms with van der Waals surface area (Å²) in [6.45, 7) is 0.958. The van der Waals surface area contributed by atoms with E-state index in [0.29, 0.717) is 0 Å². The number of hydrogen-bond donors (Lipinski definition) is 1. The number of rotatable bonds is 5. The van der Waals surface area contributed by atoms with Crippen molar-refractivity contribution < 1.29 is 0 Å². The molecule has 17 heavy (non-hydrogen) atoms. The van der Waals surface area contributed by atoms with Crippen LogP contribution in [0, 0.1) is 4.77 Å². The minimum absolute atomic E-state index is 0.754. The van der Waals surface area contributed by atoms with Crippen molar-refractivity contribution in [2.75, 3.05) is 12.0 Å². The minimum atomic E-state index is 0.754. The number of aromatic nitrogens is 2. The second-order valence-electron chi connectivity index (χ2n) is 3.94. The van der Waals surface area contributed by atoms with Crippen LogP contribution in [0.5, 0.6) is 0 Å². The summed E-state index contributed by atoms with van der Waals surface area (Å²) >= 11 is 13.2. The molecule has 1 aromatic carbocycles. The fraction of sp³-hybridized carbons (Fsp3) is 0.417. The summed E-state index contributed by atoms with van der Waals surface area (Å²) in [4.78, 5) is 3.21. The fourth-order valence-electron chi connectivity index (χ4n) is 1.86. The van der Waals surface area contributed by atoms with Crippen LogP contribution in [0.1, 0.15) is 12.8 Å². The van der Waals surface area contributed by atoms with Crippen LogP contribution in [-0.4, -0.2) is 21.6 Å². The van der Waals surface area contributed by atoms with Crippen molar-refractivity contribution in [3.05, 3.63) is 28.0 Å². The van der Waals surface area contributed by atoms with Crippen LogP contribution < -0.4 is 0 Å². The Morgan fingerprint density at radius 1 is 1.41 bits per heavy atom. The molecule has 0 aliphatic rings. The van der Waals surface area contributed by atoms with E-state index in [9.17, 15) is 0 Å². The van der Waals surface area contributed by atoms with Crippen molar-refractivity contribution in [3.63, 3.8) is 0 Å². The maximum atomic E-state index is 6.02. The van der Waals surface area contributed by atoms with Gasteiger partial charge in [0.05, 0.1) is 11.0 Å². The zero-order chi connectivity index (χ0) is 12.3. The van der Waals surface area contributed by atoms with Crippen molar-refractivity contribution in [1.82, 2.24) is 9.55 Å². The molecule has 0 amide bonds. The summed E-state index contributed by atoms with van der Waals surface area (Å²) in [5, 5.41) is 0.754. The average molecular weight is 287 g/mol. The van der Waals surface area contributed by atoms with Gasteiger partial charge in [-0.25, -0.2) is 0 Å². The number of halogens is 1. The molecule has 0 aliphatic carbocycles. The van der Waals surface area contributed by atoms with E-state index < -0.39 is 0 Å². The molecule has 2 nitrogen and oxygen atoms in total. The maximum Gasteiger partial charge on any atom is 0.178 e. The molecule has 0 spiro atoms. The number of unbranched alkanes of at least 4 members (excludes halogenated alkanes) is 1. The second kappa shape index (κ2) is 5.94. The lowest BCUT2D eigenvalue weighted by molar-refractivity contribution is 0.643. The lowest BCUT2D eigenvalue weighted by atomic mass is 10.3. The molecule has 1 heterocycles. The van der Waals surface area contributed by atoms with Crippen molar-refractivity contribution in [1.29, 1.82) is 0 Å². The number of aromatic amines is 1. The fourth-order valence-corrected chi connectivity index (χ4v) is 2.82. The number of nitrogens with one attached hydrogen (secondary N) is 1. The highest BCUT2D eigenvalue weighted by Gasteiger charge is 2.04. The normalized spacial score (nSPS) is 11.2. The molecule has 1 aromatic heterocycles. The highest BCUT2D eigenvalue weighted by Crippen LogP contribution is 2.19. The monoisotopic (exact) mass is 286 g/mol. The third-order valence-electron chi connectivity index (χ3n) is 2.72. The Morgan fingerprint density at radius 3 is 3.00 bits per heavy atom. The van der Waals surface area contributed by atoms with E-state index in [1.54, 1.807) is 0 Å². The number of benzene rings is 1. The van der Waals surface area contributed by atoms with E-state index in [1.807, 2.05) is 30.0 Å². The Bertz CT molecular complexity index is 559. The number of fused-ring (bicyclic) bond motifs is 1. The molecule has 5 heteroatoms. The van der Waals surface area contributed by atoms with E-state index in [0.717, 1.165) is 33.8 Å². The standard InChI is InChI=1S/C12H15ClN2S2/c1-17-7-3-2-6-15-11-8-9(13)4-5-10(11)14-12(15)16/h4-5,8H,2-3,6-7H2,1H3,(H,14,16). The van der Waals surface area contributed by atoms with Crippen LogP contribution in [0.25, 0.3) is 11.0 Å². The highest BCUT2D eigenvalue weighted by molar-refractivity contribution is 7.98. The SMILES string of the molecule is CSCCCCn1c(=S)[nH]c2ccc(Cl)cc21. The van der Waals surface area contributed by atoms with Gasteiger partial charge in [-0.05, 0) is 55.3 Å². The van der Waals surface area contributed by atoms with Crippen LogP contribution in [-0.2, 0) is 6.54 Å². The zero-order valence-electron chi connectivity index (χ0n) is 9.70. The summed E-state index contributed by atoms with van der Waals surface area (Å²) < 4.78 is 2.92. The molecule has 2 aromatic rings. The van der Waals surface area contributed by atoms with Crippen LogP contribution in [0.3, 0.4) is 0 Å². The Hall–Kier alpha value is -0.450. The molecule has 0 saturated carbocycles. The molecule has 2 rings (SSSR count). The first-order chi connectivity index (χ1) is 8.22. The number of hydrogen-bond acceptors (Lipinski definition) is 2. The minimum Gasteiger partial charge on any atom is -0.331 e. The molecular weight excluding hydrogens is 272 g/mol. The van der Waals surface area contributed by atoms with Gasteiger partial charge in [0, 0.05) is 11.6 Å². The summed E-state index contributed by atoms with van der Waals surface area (Å²) in [6, 6.07) is 5.83. The predicted molar refractivity (Wildman–Crippen MR) is 79.7 cm³/mol. The summed E-state index contributed by atoms with van der Waals surface area (Å²) in [7, 11) is 0. The Labute approximate surface area is 115 Å². The van der Waals surface area contributed by atoms with Gasteiger partial charge in [-0.3, -0.25) is 0 Å². The lowest BCUT2D eigenvalue weighted by Gasteiger charge is -2.04. The third-order valence-corrected chi connectivity index (χ3v) is 3.97. The molecule has 0 unspecified atom stereocenters. The Morgan fingerprint density at radius 2 is 2.24 bits per heavy atom. The molecule has 0 saturated heterocycles. The smallest absolute Gasteiger partial charge is 0.178 e. The molecule has 1 N–H and O–H groups in total. The van der Waals surface area contributed by atoms with Gasteiger partial charge in [0.1, 0.15) is 0 Å². The van der Waals surface area contributed by atoms with Gasteiger partial charge in [0.2, 0.25) is 0 Å². The number of aryl methyl sites for hydroxylation is 1. The molecule has 0 aliphatic heterocycles. The molecule has 0 radical (unpaired) electrons. The van der Waals surface area contributed by atoms with Crippen LogP contribution in [0.15, 0.2) is 18.2 Å². The first kappa shape index (κ1) is 13.0. The largest absolute Gasteiger partial charge is 0.331 e. The van der Waals surface area contributed by atoms with Crippen molar-refractivity contribution >= 4 is 46.6 Å². The van der Waals surface area contributed by atoms with Gasteiger partial charge >= 0.3 is 0 Å². The van der Waals surface area contributed by atoms with Crippen LogP contribution in [0.2, 0.25) is 5.02 Å². The van der Waals surface area contributed by atoms with E-state index in [1.165, 1.54) is 12.2 Å². The van der Waals surface area contributed by atoms with Crippen molar-refractivity contribution in [2.45, 2.75) is 19.4 Å². The Kier molecular flexibility index (Phi) is 4.54. The number of imidazole rings is 1. The molecule has 92 valence electrons. The Balaban J connectivity index is 2.23. The van der Waals surface area contributed by atoms with Gasteiger partial charge < -0.3 is 9.55 Å². The summed E-state index contributed by atoms with van der Waals surface area (Å²) in [5.74, 6) is 1.20. The first-order valence-electron chi connectivity index (χ1n) is 5.59. The average Bonchev–Trinajstić information content (AvgIpc) is 2.61. The lowest BCUT2D eigenvalue weighted by Crippen LogP contribution is -1.98. The van der Waals surface area contributed by atoms with Crippen molar-refractivity contribution in [2.24, 2.45) is 0 Å². The zero-order valence-corrected chi connectivity index (χ0v) is 12.1. The van der Waals surface area contributed by atoms with Gasteiger partial charge in [0.25, 0.3) is 0 Å². The quantitative estimate of drug-likeness (QED) is 0.645. The highest BCUT2D eigenvalue weighted by atomic mass is 35.5. The topological polar surface area (TPSA) is 20.7 Å². The van der Waals surface area contributed by atoms with E-state index in [2.05, 4.69) is 15.8 Å². The number of H-pyrrole nitrogens is 1. The predicted octanol–water partition coefficient (Wildman–Crippen LogP) is 4.50.